The molecule has 1 aliphatic rings. The minimum atomic E-state index is 0. The molecule has 1 aromatic rings. The normalized spacial score (nSPS) is 22.7. The zero-order valence-corrected chi connectivity index (χ0v) is 12.5. The van der Waals surface area contributed by atoms with Crippen LogP contribution in [-0.2, 0) is 11.2 Å². The van der Waals surface area contributed by atoms with Gasteiger partial charge in [-0.05, 0) is 33.2 Å². The predicted octanol–water partition coefficient (Wildman–Crippen LogP) is 2.29. The molecule has 2 heterocycles. The standard InChI is InChI=1S/C13H21N3O2.ClH/c1-4-11-12(9(3)16-18-11)15-13(17)10-5-6-14-8(2)7-10;/h8,10,14H,4-7H2,1-3H3,(H,15,17);1H/t8-,10-;/m0./s1. The summed E-state index contributed by atoms with van der Waals surface area (Å²) in [5.74, 6) is 0.924. The van der Waals surface area contributed by atoms with E-state index in [1.165, 1.54) is 0 Å². The first-order chi connectivity index (χ1) is 8.61. The van der Waals surface area contributed by atoms with E-state index < -0.39 is 0 Å². The number of halogens is 1. The summed E-state index contributed by atoms with van der Waals surface area (Å²) in [5.41, 5.74) is 1.51. The second-order valence-corrected chi connectivity index (χ2v) is 4.99. The Balaban J connectivity index is 0.00000180. The summed E-state index contributed by atoms with van der Waals surface area (Å²) in [6.07, 6.45) is 2.51. The van der Waals surface area contributed by atoms with Gasteiger partial charge in [-0.2, -0.15) is 0 Å². The molecule has 1 fully saturated rings. The van der Waals surface area contributed by atoms with E-state index >= 15 is 0 Å². The monoisotopic (exact) mass is 287 g/mol. The average molecular weight is 288 g/mol. The van der Waals surface area contributed by atoms with Crippen LogP contribution in [0.5, 0.6) is 0 Å². The Morgan fingerprint density at radius 2 is 2.32 bits per heavy atom. The number of rotatable bonds is 3. The summed E-state index contributed by atoms with van der Waals surface area (Å²) in [6.45, 7) is 6.86. The van der Waals surface area contributed by atoms with Crippen molar-refractivity contribution in [2.45, 2.75) is 46.1 Å². The number of piperidine rings is 1. The van der Waals surface area contributed by atoms with Gasteiger partial charge in [0.1, 0.15) is 11.4 Å². The molecule has 1 aromatic heterocycles. The van der Waals surface area contributed by atoms with E-state index in [0.29, 0.717) is 6.04 Å². The maximum atomic E-state index is 12.2. The fraction of sp³-hybridized carbons (Fsp3) is 0.692. The van der Waals surface area contributed by atoms with Gasteiger partial charge >= 0.3 is 0 Å². The van der Waals surface area contributed by atoms with Crippen molar-refractivity contribution in [3.63, 3.8) is 0 Å². The third-order valence-corrected chi connectivity index (χ3v) is 3.50. The van der Waals surface area contributed by atoms with Crippen LogP contribution in [-0.4, -0.2) is 23.7 Å². The van der Waals surface area contributed by atoms with Gasteiger partial charge in [0.15, 0.2) is 5.76 Å². The number of aryl methyl sites for hydroxylation is 2. The number of carbonyl (C=O) groups is 1. The fourth-order valence-electron chi connectivity index (χ4n) is 2.41. The van der Waals surface area contributed by atoms with E-state index in [9.17, 15) is 4.79 Å². The van der Waals surface area contributed by atoms with Crippen LogP contribution in [0.15, 0.2) is 4.52 Å². The number of nitrogens with zero attached hydrogens (tertiary/aromatic N) is 1. The quantitative estimate of drug-likeness (QED) is 0.895. The predicted molar refractivity (Wildman–Crippen MR) is 76.7 cm³/mol. The highest BCUT2D eigenvalue weighted by atomic mass is 35.5. The van der Waals surface area contributed by atoms with E-state index in [4.69, 9.17) is 4.52 Å². The Labute approximate surface area is 119 Å². The molecule has 0 radical (unpaired) electrons. The summed E-state index contributed by atoms with van der Waals surface area (Å²) < 4.78 is 5.18. The lowest BCUT2D eigenvalue weighted by atomic mass is 9.92. The third kappa shape index (κ3) is 3.70. The van der Waals surface area contributed by atoms with Crippen molar-refractivity contribution in [1.82, 2.24) is 10.5 Å². The molecule has 6 heteroatoms. The summed E-state index contributed by atoms with van der Waals surface area (Å²) in [4.78, 5) is 12.2. The van der Waals surface area contributed by atoms with E-state index in [2.05, 4.69) is 22.7 Å². The molecule has 108 valence electrons. The summed E-state index contributed by atoms with van der Waals surface area (Å²) in [6, 6.07) is 0.406. The molecule has 19 heavy (non-hydrogen) atoms. The highest BCUT2D eigenvalue weighted by Crippen LogP contribution is 2.23. The van der Waals surface area contributed by atoms with Gasteiger partial charge in [0, 0.05) is 18.4 Å². The maximum absolute atomic E-state index is 12.2. The molecule has 2 atom stereocenters. The van der Waals surface area contributed by atoms with Gasteiger partial charge in [0.05, 0.1) is 0 Å². The molecule has 0 aromatic carbocycles. The Kier molecular flexibility index (Phi) is 5.82. The van der Waals surface area contributed by atoms with Gasteiger partial charge in [-0.1, -0.05) is 12.1 Å². The molecular weight excluding hydrogens is 266 g/mol. The summed E-state index contributed by atoms with van der Waals surface area (Å²) in [7, 11) is 0. The van der Waals surface area contributed by atoms with E-state index in [0.717, 1.165) is 42.9 Å². The lowest BCUT2D eigenvalue weighted by Gasteiger charge is -2.27. The van der Waals surface area contributed by atoms with Crippen LogP contribution in [0.3, 0.4) is 0 Å². The van der Waals surface area contributed by atoms with Gasteiger partial charge in [-0.15, -0.1) is 12.4 Å². The summed E-state index contributed by atoms with van der Waals surface area (Å²) >= 11 is 0. The highest BCUT2D eigenvalue weighted by molar-refractivity contribution is 5.93. The highest BCUT2D eigenvalue weighted by Gasteiger charge is 2.26. The molecule has 1 saturated heterocycles. The van der Waals surface area contributed by atoms with Crippen LogP contribution in [0.25, 0.3) is 0 Å². The van der Waals surface area contributed by atoms with Crippen molar-refractivity contribution in [1.29, 1.82) is 0 Å². The first-order valence-corrected chi connectivity index (χ1v) is 6.61. The van der Waals surface area contributed by atoms with Crippen molar-refractivity contribution in [2.24, 2.45) is 5.92 Å². The van der Waals surface area contributed by atoms with Gasteiger partial charge < -0.3 is 15.2 Å². The zero-order chi connectivity index (χ0) is 13.1. The van der Waals surface area contributed by atoms with Crippen molar-refractivity contribution in [3.05, 3.63) is 11.5 Å². The van der Waals surface area contributed by atoms with Crippen LogP contribution < -0.4 is 10.6 Å². The molecule has 0 spiro atoms. The lowest BCUT2D eigenvalue weighted by Crippen LogP contribution is -2.40. The third-order valence-electron chi connectivity index (χ3n) is 3.50. The topological polar surface area (TPSA) is 67.2 Å². The van der Waals surface area contributed by atoms with Gasteiger partial charge in [-0.25, -0.2) is 0 Å². The second kappa shape index (κ2) is 6.91. The van der Waals surface area contributed by atoms with E-state index in [-0.39, 0.29) is 24.2 Å². The molecule has 2 N–H and O–H groups in total. The number of amides is 1. The maximum Gasteiger partial charge on any atom is 0.227 e. The Hall–Kier alpha value is -1.07. The largest absolute Gasteiger partial charge is 0.359 e. The zero-order valence-electron chi connectivity index (χ0n) is 11.7. The molecule has 0 bridgehead atoms. The first kappa shape index (κ1) is 16.0. The van der Waals surface area contributed by atoms with Crippen molar-refractivity contribution in [2.75, 3.05) is 11.9 Å². The molecule has 0 aliphatic carbocycles. The van der Waals surface area contributed by atoms with Crippen molar-refractivity contribution < 1.29 is 9.32 Å². The van der Waals surface area contributed by atoms with Crippen molar-refractivity contribution in [3.8, 4) is 0 Å². The first-order valence-electron chi connectivity index (χ1n) is 6.61. The van der Waals surface area contributed by atoms with Gasteiger partial charge in [0.2, 0.25) is 5.91 Å². The molecule has 0 unspecified atom stereocenters. The van der Waals surface area contributed by atoms with Crippen LogP contribution in [0.1, 0.15) is 38.1 Å². The average Bonchev–Trinajstić information content (AvgIpc) is 2.70. The number of anilines is 1. The number of nitrogens with one attached hydrogen (secondary N) is 2. The molecule has 1 amide bonds. The fourth-order valence-corrected chi connectivity index (χ4v) is 2.41. The molecule has 2 rings (SSSR count). The van der Waals surface area contributed by atoms with Crippen molar-refractivity contribution >= 4 is 24.0 Å². The molecule has 0 saturated carbocycles. The van der Waals surface area contributed by atoms with E-state index in [1.807, 2.05) is 13.8 Å². The van der Waals surface area contributed by atoms with Crippen LogP contribution >= 0.6 is 12.4 Å². The number of carbonyl (C=O) groups excluding carboxylic acids is 1. The molecule has 1 aliphatic heterocycles. The lowest BCUT2D eigenvalue weighted by molar-refractivity contribution is -0.120. The number of aromatic nitrogens is 1. The number of hydrogen-bond donors (Lipinski definition) is 2. The van der Waals surface area contributed by atoms with Gasteiger partial charge in [0.25, 0.3) is 0 Å². The van der Waals surface area contributed by atoms with Crippen LogP contribution in [0, 0.1) is 12.8 Å². The Bertz CT molecular complexity index is 434. The van der Waals surface area contributed by atoms with Gasteiger partial charge in [-0.3, -0.25) is 4.79 Å². The second-order valence-electron chi connectivity index (χ2n) is 4.99. The Morgan fingerprint density at radius 3 is 2.95 bits per heavy atom. The minimum absolute atomic E-state index is 0. The molecule has 5 nitrogen and oxygen atoms in total. The number of hydrogen-bond acceptors (Lipinski definition) is 4. The molecular formula is C13H22ClN3O2. The van der Waals surface area contributed by atoms with E-state index in [1.54, 1.807) is 0 Å². The SMILES string of the molecule is CCc1onc(C)c1NC(=O)[C@H]1CCN[C@@H](C)C1.Cl. The van der Waals surface area contributed by atoms with Crippen LogP contribution in [0.2, 0.25) is 0 Å². The summed E-state index contributed by atoms with van der Waals surface area (Å²) in [5, 5.41) is 10.2. The Morgan fingerprint density at radius 1 is 1.58 bits per heavy atom. The minimum Gasteiger partial charge on any atom is -0.359 e. The smallest absolute Gasteiger partial charge is 0.227 e. The van der Waals surface area contributed by atoms with Crippen LogP contribution in [0.4, 0.5) is 5.69 Å².